The third-order valence-electron chi connectivity index (χ3n) is 4.57. The highest BCUT2D eigenvalue weighted by molar-refractivity contribution is 6.31. The van der Waals surface area contributed by atoms with Gasteiger partial charge < -0.3 is 15.2 Å². The number of carbonyl (C=O) groups excluding carboxylic acids is 2. The van der Waals surface area contributed by atoms with Gasteiger partial charge in [-0.2, -0.15) is 0 Å². The Kier molecular flexibility index (Phi) is 5.88. The smallest absolute Gasteiger partial charge is 0.342 e. The van der Waals surface area contributed by atoms with Crippen LogP contribution in [0.2, 0.25) is 5.02 Å². The lowest BCUT2D eigenvalue weighted by Gasteiger charge is -2.34. The van der Waals surface area contributed by atoms with E-state index in [1.165, 1.54) is 24.6 Å². The van der Waals surface area contributed by atoms with Crippen molar-refractivity contribution in [2.24, 2.45) is 11.8 Å². The van der Waals surface area contributed by atoms with Gasteiger partial charge >= 0.3 is 5.97 Å². The van der Waals surface area contributed by atoms with Crippen molar-refractivity contribution in [1.82, 2.24) is 5.32 Å². The van der Waals surface area contributed by atoms with Gasteiger partial charge in [0.1, 0.15) is 11.3 Å². The first-order valence-electron chi connectivity index (χ1n) is 7.83. The molecule has 126 valence electrons. The van der Waals surface area contributed by atoms with Crippen molar-refractivity contribution in [3.05, 3.63) is 28.8 Å². The topological polar surface area (TPSA) is 75.6 Å². The van der Waals surface area contributed by atoms with E-state index in [1.54, 1.807) is 0 Å². The van der Waals surface area contributed by atoms with Crippen LogP contribution >= 0.6 is 11.6 Å². The van der Waals surface area contributed by atoms with E-state index in [1.807, 2.05) is 0 Å². The third kappa shape index (κ3) is 4.61. The van der Waals surface area contributed by atoms with Crippen LogP contribution in [0.4, 0.5) is 0 Å². The monoisotopic (exact) mass is 339 g/mol. The third-order valence-corrected chi connectivity index (χ3v) is 4.80. The SMILES string of the molecule is C[C@H]1[C@@H](NC(=O)COC(=O)c2cc(Cl)ccc2O)CCC[C@@H]1C. The second-order valence-corrected chi connectivity index (χ2v) is 6.62. The summed E-state index contributed by atoms with van der Waals surface area (Å²) in [7, 11) is 0. The molecule has 0 radical (unpaired) electrons. The molecule has 0 unspecified atom stereocenters. The fourth-order valence-electron chi connectivity index (χ4n) is 2.91. The molecule has 1 aliphatic rings. The minimum atomic E-state index is -0.773. The first-order chi connectivity index (χ1) is 10.9. The predicted molar refractivity (Wildman–Crippen MR) is 87.5 cm³/mol. The van der Waals surface area contributed by atoms with Crippen molar-refractivity contribution in [3.8, 4) is 5.75 Å². The van der Waals surface area contributed by atoms with Crippen molar-refractivity contribution in [1.29, 1.82) is 0 Å². The van der Waals surface area contributed by atoms with Gasteiger partial charge in [-0.15, -0.1) is 0 Å². The Morgan fingerprint density at radius 1 is 1.35 bits per heavy atom. The molecule has 23 heavy (non-hydrogen) atoms. The zero-order chi connectivity index (χ0) is 17.0. The van der Waals surface area contributed by atoms with E-state index in [0.29, 0.717) is 16.9 Å². The van der Waals surface area contributed by atoms with Crippen LogP contribution in [0.5, 0.6) is 5.75 Å². The Morgan fingerprint density at radius 2 is 2.09 bits per heavy atom. The standard InChI is InChI=1S/C17H22ClNO4/c1-10-4-3-5-14(11(10)2)19-16(21)9-23-17(22)13-8-12(18)6-7-15(13)20/h6-8,10-11,14,20H,3-5,9H2,1-2H3,(H,19,21)/t10-,11+,14-/m0/s1. The summed E-state index contributed by atoms with van der Waals surface area (Å²) in [6.07, 6.45) is 3.21. The van der Waals surface area contributed by atoms with Gasteiger partial charge in [-0.25, -0.2) is 4.79 Å². The first kappa shape index (κ1) is 17.6. The number of phenols is 1. The molecule has 0 aliphatic heterocycles. The highest BCUT2D eigenvalue weighted by Gasteiger charge is 2.28. The van der Waals surface area contributed by atoms with Crippen LogP contribution in [0, 0.1) is 11.8 Å². The predicted octanol–water partition coefficient (Wildman–Crippen LogP) is 3.14. The average Bonchev–Trinajstić information content (AvgIpc) is 2.52. The highest BCUT2D eigenvalue weighted by Crippen LogP contribution is 2.29. The normalized spacial score (nSPS) is 24.0. The van der Waals surface area contributed by atoms with E-state index >= 15 is 0 Å². The molecule has 6 heteroatoms. The first-order valence-corrected chi connectivity index (χ1v) is 8.21. The number of aromatic hydroxyl groups is 1. The lowest BCUT2D eigenvalue weighted by atomic mass is 9.78. The second kappa shape index (κ2) is 7.68. The van der Waals surface area contributed by atoms with Gasteiger partial charge in [0.05, 0.1) is 0 Å². The number of nitrogens with one attached hydrogen (secondary N) is 1. The number of hydrogen-bond acceptors (Lipinski definition) is 4. The molecule has 5 nitrogen and oxygen atoms in total. The quantitative estimate of drug-likeness (QED) is 0.826. The zero-order valence-corrected chi connectivity index (χ0v) is 14.1. The molecule has 1 saturated carbocycles. The number of hydrogen-bond donors (Lipinski definition) is 2. The summed E-state index contributed by atoms with van der Waals surface area (Å²) in [6.45, 7) is 3.94. The average molecular weight is 340 g/mol. The lowest BCUT2D eigenvalue weighted by Crippen LogP contribution is -2.45. The minimum Gasteiger partial charge on any atom is -0.507 e. The molecule has 0 bridgehead atoms. The molecular formula is C17H22ClNO4. The Balaban J connectivity index is 1.86. The van der Waals surface area contributed by atoms with E-state index in [2.05, 4.69) is 19.2 Å². The van der Waals surface area contributed by atoms with Gasteiger partial charge in [0, 0.05) is 11.1 Å². The number of ether oxygens (including phenoxy) is 1. The van der Waals surface area contributed by atoms with Crippen LogP contribution < -0.4 is 5.32 Å². The highest BCUT2D eigenvalue weighted by atomic mass is 35.5. The number of amides is 1. The molecule has 0 heterocycles. The molecule has 0 saturated heterocycles. The van der Waals surface area contributed by atoms with Gasteiger partial charge in [-0.05, 0) is 36.5 Å². The number of phenolic OH excluding ortho intramolecular Hbond substituents is 1. The number of carbonyl (C=O) groups is 2. The van der Waals surface area contributed by atoms with Gasteiger partial charge in [-0.1, -0.05) is 38.3 Å². The van der Waals surface area contributed by atoms with Crippen LogP contribution in [-0.2, 0) is 9.53 Å². The van der Waals surface area contributed by atoms with Crippen molar-refractivity contribution < 1.29 is 19.4 Å². The fourth-order valence-corrected chi connectivity index (χ4v) is 3.09. The fraction of sp³-hybridized carbons (Fsp3) is 0.529. The molecular weight excluding hydrogens is 318 g/mol. The maximum atomic E-state index is 12.0. The van der Waals surface area contributed by atoms with Crippen molar-refractivity contribution in [2.75, 3.05) is 6.61 Å². The molecule has 1 aliphatic carbocycles. The van der Waals surface area contributed by atoms with Crippen LogP contribution in [0.25, 0.3) is 0 Å². The number of esters is 1. The summed E-state index contributed by atoms with van der Waals surface area (Å²) < 4.78 is 4.96. The van der Waals surface area contributed by atoms with Gasteiger partial charge in [0.2, 0.25) is 0 Å². The van der Waals surface area contributed by atoms with Crippen LogP contribution in [0.3, 0.4) is 0 Å². The number of benzene rings is 1. The Hall–Kier alpha value is -1.75. The zero-order valence-electron chi connectivity index (χ0n) is 13.3. The lowest BCUT2D eigenvalue weighted by molar-refractivity contribution is -0.125. The van der Waals surface area contributed by atoms with Crippen LogP contribution in [0.15, 0.2) is 18.2 Å². The Morgan fingerprint density at radius 3 is 2.83 bits per heavy atom. The number of rotatable bonds is 4. The maximum absolute atomic E-state index is 12.0. The second-order valence-electron chi connectivity index (χ2n) is 6.18. The van der Waals surface area contributed by atoms with Crippen molar-refractivity contribution >= 4 is 23.5 Å². The summed E-state index contributed by atoms with van der Waals surface area (Å²) in [5, 5.41) is 12.9. The molecule has 0 spiro atoms. The van der Waals surface area contributed by atoms with Gasteiger partial charge in [0.25, 0.3) is 5.91 Å². The van der Waals surface area contributed by atoms with E-state index < -0.39 is 5.97 Å². The molecule has 1 fully saturated rings. The Bertz CT molecular complexity index is 590. The van der Waals surface area contributed by atoms with Crippen LogP contribution in [-0.4, -0.2) is 29.6 Å². The molecule has 1 aromatic rings. The van der Waals surface area contributed by atoms with E-state index in [4.69, 9.17) is 16.3 Å². The summed E-state index contributed by atoms with van der Waals surface area (Å²) >= 11 is 5.78. The van der Waals surface area contributed by atoms with Gasteiger partial charge in [0.15, 0.2) is 6.61 Å². The van der Waals surface area contributed by atoms with Crippen molar-refractivity contribution in [2.45, 2.75) is 39.2 Å². The summed E-state index contributed by atoms with van der Waals surface area (Å²) in [6, 6.07) is 4.20. The van der Waals surface area contributed by atoms with Crippen LogP contribution in [0.1, 0.15) is 43.5 Å². The minimum absolute atomic E-state index is 0.0510. The number of halogens is 1. The van der Waals surface area contributed by atoms with E-state index in [-0.39, 0.29) is 29.9 Å². The summed E-state index contributed by atoms with van der Waals surface area (Å²) in [5.74, 6) is -0.356. The largest absolute Gasteiger partial charge is 0.507 e. The van der Waals surface area contributed by atoms with Gasteiger partial charge in [-0.3, -0.25) is 4.79 Å². The molecule has 0 aromatic heterocycles. The van der Waals surface area contributed by atoms with Crippen molar-refractivity contribution in [3.63, 3.8) is 0 Å². The van der Waals surface area contributed by atoms with E-state index in [9.17, 15) is 14.7 Å². The summed E-state index contributed by atoms with van der Waals surface area (Å²) in [4.78, 5) is 23.9. The molecule has 2 N–H and O–H groups in total. The summed E-state index contributed by atoms with van der Waals surface area (Å²) in [5.41, 5.74) is -0.0510. The Labute approximate surface area is 141 Å². The molecule has 1 aromatic carbocycles. The van der Waals surface area contributed by atoms with E-state index in [0.717, 1.165) is 12.8 Å². The molecule has 1 amide bonds. The molecule has 2 rings (SSSR count). The maximum Gasteiger partial charge on any atom is 0.342 e. The molecule has 3 atom stereocenters.